The molecule has 4 rings (SSSR count). The van der Waals surface area contributed by atoms with Gasteiger partial charge in [0.2, 0.25) is 5.78 Å². The highest BCUT2D eigenvalue weighted by molar-refractivity contribution is 6.24. The first-order valence-corrected chi connectivity index (χ1v) is 13.8. The van der Waals surface area contributed by atoms with E-state index in [1.54, 1.807) is 13.8 Å². The van der Waals surface area contributed by atoms with Gasteiger partial charge in [-0.2, -0.15) is 13.2 Å². The molecule has 0 aliphatic heterocycles. The quantitative estimate of drug-likeness (QED) is 0.296. The van der Waals surface area contributed by atoms with Crippen LogP contribution in [0.4, 0.5) is 13.2 Å². The Morgan fingerprint density at radius 1 is 1.07 bits per heavy atom. The second-order valence-electron chi connectivity index (χ2n) is 13.3. The molecule has 6 atom stereocenters. The molecular formula is C31H37F3O8. The average Bonchev–Trinajstić information content (AvgIpc) is 2.84. The van der Waals surface area contributed by atoms with E-state index in [1.165, 1.54) is 32.0 Å². The maximum absolute atomic E-state index is 14.5. The molecule has 0 aromatic heterocycles. The number of phenolic OH excluding ortho intramolecular Hbond substituents is 1. The van der Waals surface area contributed by atoms with Gasteiger partial charge < -0.3 is 25.5 Å². The summed E-state index contributed by atoms with van der Waals surface area (Å²) < 4.78 is 41.7. The molecule has 8 nitrogen and oxygen atoms in total. The summed E-state index contributed by atoms with van der Waals surface area (Å²) in [5.74, 6) is -8.93. The van der Waals surface area contributed by atoms with Gasteiger partial charge in [-0.1, -0.05) is 53.7 Å². The third-order valence-electron chi connectivity index (χ3n) is 10.3. The molecule has 1 aromatic rings. The zero-order valence-electron chi connectivity index (χ0n) is 24.6. The molecule has 3 aliphatic rings. The van der Waals surface area contributed by atoms with Crippen molar-refractivity contribution in [1.82, 2.24) is 0 Å². The summed E-state index contributed by atoms with van der Waals surface area (Å²) in [6.07, 6.45) is -7.29. The second-order valence-corrected chi connectivity index (χ2v) is 13.3. The molecule has 3 aliphatic carbocycles. The van der Waals surface area contributed by atoms with Crippen LogP contribution in [0.25, 0.3) is 5.76 Å². The zero-order chi connectivity index (χ0) is 32.1. The normalized spacial score (nSPS) is 33.5. The van der Waals surface area contributed by atoms with Gasteiger partial charge in [0.25, 0.3) is 0 Å². The largest absolute Gasteiger partial charge is 0.508 e. The van der Waals surface area contributed by atoms with Gasteiger partial charge in [-0.3, -0.25) is 14.4 Å². The molecular weight excluding hydrogens is 557 g/mol. The van der Waals surface area contributed by atoms with Crippen molar-refractivity contribution in [3.8, 4) is 5.75 Å². The highest BCUT2D eigenvalue weighted by atomic mass is 19.4. The molecule has 0 bridgehead atoms. The summed E-state index contributed by atoms with van der Waals surface area (Å²) in [6.45, 7) is 8.76. The number of carbonyl (C=O) groups is 3. The van der Waals surface area contributed by atoms with Crippen molar-refractivity contribution in [1.29, 1.82) is 0 Å². The number of ketones is 3. The van der Waals surface area contributed by atoms with Gasteiger partial charge >= 0.3 is 6.18 Å². The minimum absolute atomic E-state index is 0.171. The first-order chi connectivity index (χ1) is 19.0. The van der Waals surface area contributed by atoms with E-state index in [4.69, 9.17) is 0 Å². The molecule has 5 N–H and O–H groups in total. The Morgan fingerprint density at radius 3 is 2.14 bits per heavy atom. The fraction of sp³-hybridized carbons (Fsp3) is 0.581. The number of halogens is 3. The SMILES string of the molecule is CC(=O)C1=C(O)[C@]2(O)C(=O)C3=C(O)c4c(O)cccc4[C@@H](CCC(C)(C)C(F)(F)F)[C@]3(C)[C@@H](O)[C@]2(C)C(C(C)C)C1=O. The van der Waals surface area contributed by atoms with E-state index < -0.39 is 104 Å². The van der Waals surface area contributed by atoms with E-state index in [0.717, 1.165) is 20.8 Å². The third kappa shape index (κ3) is 3.71. The number of rotatable bonds is 5. The average molecular weight is 595 g/mol. The van der Waals surface area contributed by atoms with Crippen LogP contribution in [0.5, 0.6) is 5.75 Å². The fourth-order valence-corrected chi connectivity index (χ4v) is 7.83. The van der Waals surface area contributed by atoms with Gasteiger partial charge in [0.15, 0.2) is 17.2 Å². The summed E-state index contributed by atoms with van der Waals surface area (Å²) in [7, 11) is 0. The van der Waals surface area contributed by atoms with Gasteiger partial charge in [0, 0.05) is 16.7 Å². The van der Waals surface area contributed by atoms with Crippen LogP contribution in [0.15, 0.2) is 35.1 Å². The first kappa shape index (κ1) is 31.7. The number of Topliss-reactive ketones (excluding diaryl/α,β-unsaturated/α-hetero) is 3. The van der Waals surface area contributed by atoms with Crippen LogP contribution in [0.1, 0.15) is 78.4 Å². The highest BCUT2D eigenvalue weighted by Crippen LogP contribution is 2.68. The van der Waals surface area contributed by atoms with E-state index in [2.05, 4.69) is 0 Å². The van der Waals surface area contributed by atoms with E-state index in [-0.39, 0.29) is 17.5 Å². The number of aliphatic hydroxyl groups excluding tert-OH is 3. The molecule has 1 fully saturated rings. The molecule has 0 saturated heterocycles. The molecule has 0 heterocycles. The molecule has 1 saturated carbocycles. The summed E-state index contributed by atoms with van der Waals surface area (Å²) in [5.41, 5.74) is -10.9. The van der Waals surface area contributed by atoms with Crippen molar-refractivity contribution < 1.29 is 53.1 Å². The lowest BCUT2D eigenvalue weighted by atomic mass is 9.40. The molecule has 11 heteroatoms. The zero-order valence-corrected chi connectivity index (χ0v) is 24.6. The number of benzene rings is 1. The summed E-state index contributed by atoms with van der Waals surface area (Å²) in [6, 6.07) is 4.09. The topological polar surface area (TPSA) is 152 Å². The molecule has 0 radical (unpaired) electrons. The number of aliphatic hydroxyl groups is 4. The van der Waals surface area contributed by atoms with Crippen LogP contribution in [0, 0.1) is 28.1 Å². The van der Waals surface area contributed by atoms with Crippen molar-refractivity contribution in [2.75, 3.05) is 0 Å². The number of aromatic hydroxyl groups is 1. The molecule has 230 valence electrons. The minimum Gasteiger partial charge on any atom is -0.508 e. The number of hydrogen-bond acceptors (Lipinski definition) is 8. The summed E-state index contributed by atoms with van der Waals surface area (Å²) in [5, 5.41) is 58.0. The van der Waals surface area contributed by atoms with Crippen LogP contribution < -0.4 is 0 Å². The number of hydrogen-bond donors (Lipinski definition) is 5. The summed E-state index contributed by atoms with van der Waals surface area (Å²) >= 11 is 0. The maximum Gasteiger partial charge on any atom is 0.393 e. The molecule has 1 unspecified atom stereocenters. The van der Waals surface area contributed by atoms with E-state index in [9.17, 15) is 53.1 Å². The van der Waals surface area contributed by atoms with Gasteiger partial charge in [-0.15, -0.1) is 0 Å². The van der Waals surface area contributed by atoms with Crippen LogP contribution in [-0.2, 0) is 14.4 Å². The minimum atomic E-state index is -4.60. The molecule has 0 spiro atoms. The fourth-order valence-electron chi connectivity index (χ4n) is 7.83. The maximum atomic E-state index is 14.5. The molecule has 0 amide bonds. The lowest BCUT2D eigenvalue weighted by molar-refractivity contribution is -0.221. The Bertz CT molecular complexity index is 1450. The predicted molar refractivity (Wildman–Crippen MR) is 145 cm³/mol. The number of phenols is 1. The van der Waals surface area contributed by atoms with Crippen molar-refractivity contribution in [2.45, 2.75) is 85.1 Å². The van der Waals surface area contributed by atoms with E-state index in [0.29, 0.717) is 0 Å². The Hall–Kier alpha value is -3.18. The first-order valence-electron chi connectivity index (χ1n) is 13.8. The van der Waals surface area contributed by atoms with Crippen LogP contribution in [0.3, 0.4) is 0 Å². The van der Waals surface area contributed by atoms with Crippen molar-refractivity contribution in [2.24, 2.45) is 28.1 Å². The van der Waals surface area contributed by atoms with Gasteiger partial charge in [-0.05, 0) is 43.2 Å². The Labute approximate surface area is 241 Å². The number of carbonyl (C=O) groups excluding carboxylic acids is 3. The van der Waals surface area contributed by atoms with Crippen molar-refractivity contribution >= 4 is 23.1 Å². The van der Waals surface area contributed by atoms with Gasteiger partial charge in [0.1, 0.15) is 22.8 Å². The third-order valence-corrected chi connectivity index (χ3v) is 10.3. The smallest absolute Gasteiger partial charge is 0.393 e. The second kappa shape index (κ2) is 9.41. The van der Waals surface area contributed by atoms with E-state index >= 15 is 0 Å². The van der Waals surface area contributed by atoms with Crippen molar-refractivity contribution in [3.63, 3.8) is 0 Å². The van der Waals surface area contributed by atoms with Gasteiger partial charge in [0.05, 0.1) is 22.7 Å². The Balaban J connectivity index is 2.11. The number of alkyl halides is 3. The van der Waals surface area contributed by atoms with Crippen LogP contribution >= 0.6 is 0 Å². The molecule has 42 heavy (non-hydrogen) atoms. The highest BCUT2D eigenvalue weighted by Gasteiger charge is 2.77. The number of allylic oxidation sites excluding steroid dienone is 1. The van der Waals surface area contributed by atoms with Gasteiger partial charge in [-0.25, -0.2) is 0 Å². The number of fused-ring (bicyclic) bond motifs is 3. The Kier molecular flexibility index (Phi) is 7.11. The lowest BCUT2D eigenvalue weighted by Crippen LogP contribution is -2.75. The van der Waals surface area contributed by atoms with Crippen LogP contribution in [-0.4, -0.2) is 60.8 Å². The molecule has 1 aromatic carbocycles. The van der Waals surface area contributed by atoms with E-state index in [1.807, 2.05) is 0 Å². The monoisotopic (exact) mass is 594 g/mol. The standard InChI is InChI=1S/C31H37F3O8/c1-13(2)20-22(37)18(14(3)35)24(39)30(42)25(40)21-23(38)19-15(9-8-10-17(19)36)16(11-12-27(4,5)31(32,33)34)28(21,6)26(41)29(20,30)7/h8-10,13,16,20,26,36,38-39,41-42H,11-12H2,1-7H3/t16-,20?,26-,28+,29+,30+/m1/s1. The van der Waals surface area contributed by atoms with Crippen LogP contribution in [0.2, 0.25) is 0 Å². The summed E-state index contributed by atoms with van der Waals surface area (Å²) in [4.78, 5) is 40.7. The van der Waals surface area contributed by atoms with Crippen molar-refractivity contribution in [3.05, 3.63) is 46.2 Å². The Morgan fingerprint density at radius 2 is 1.64 bits per heavy atom. The predicted octanol–water partition coefficient (Wildman–Crippen LogP) is 5.07. The lowest BCUT2D eigenvalue weighted by Gasteiger charge is -2.64.